The van der Waals surface area contributed by atoms with Crippen molar-refractivity contribution in [3.8, 4) is 0 Å². The zero-order chi connectivity index (χ0) is 13.3. The number of rotatable bonds is 4. The molecular weight excluding hydrogens is 252 g/mol. The highest BCUT2D eigenvalue weighted by atomic mass is 32.1. The number of hydrogen-bond acceptors (Lipinski definition) is 5. The summed E-state index contributed by atoms with van der Waals surface area (Å²) in [5.74, 6) is -0.818. The van der Waals surface area contributed by atoms with Gasteiger partial charge in [-0.15, -0.1) is 11.3 Å². The molecule has 0 aliphatic heterocycles. The van der Waals surface area contributed by atoms with E-state index >= 15 is 0 Å². The van der Waals surface area contributed by atoms with Crippen LogP contribution in [-0.4, -0.2) is 30.5 Å². The van der Waals surface area contributed by atoms with E-state index in [1.165, 1.54) is 18.4 Å². The number of thiazole rings is 1. The minimum atomic E-state index is -0.292. The van der Waals surface area contributed by atoms with Crippen LogP contribution in [0.1, 0.15) is 19.0 Å². The summed E-state index contributed by atoms with van der Waals surface area (Å²) in [5, 5.41) is 2.62. The first-order valence-corrected chi connectivity index (χ1v) is 6.77. The number of carbonyl (C=O) groups excluding carboxylic acids is 2. The molecule has 5 nitrogen and oxygen atoms in total. The molecule has 0 aromatic carbocycles. The van der Waals surface area contributed by atoms with Gasteiger partial charge in [0.25, 0.3) is 0 Å². The molecule has 1 amide bonds. The van der Waals surface area contributed by atoms with Gasteiger partial charge in [-0.2, -0.15) is 0 Å². The minimum absolute atomic E-state index is 0.0257. The summed E-state index contributed by atoms with van der Waals surface area (Å²) in [4.78, 5) is 29.6. The lowest BCUT2D eigenvalue weighted by Gasteiger charge is -2.17. The van der Waals surface area contributed by atoms with E-state index in [2.05, 4.69) is 9.72 Å². The number of hydrogen-bond donors (Lipinski definition) is 0. The van der Waals surface area contributed by atoms with Crippen LogP contribution in [0, 0.1) is 18.8 Å². The predicted octanol–water partition coefficient (Wildman–Crippen LogP) is 1.61. The molecule has 2 rings (SSSR count). The van der Waals surface area contributed by atoms with Gasteiger partial charge in [0.15, 0.2) is 5.13 Å². The van der Waals surface area contributed by atoms with Gasteiger partial charge >= 0.3 is 5.97 Å². The monoisotopic (exact) mass is 268 g/mol. The first kappa shape index (κ1) is 13.0. The summed E-state index contributed by atoms with van der Waals surface area (Å²) in [6.07, 6.45) is 0.590. The zero-order valence-corrected chi connectivity index (χ0v) is 11.5. The molecule has 1 fully saturated rings. The molecule has 1 saturated carbocycles. The van der Waals surface area contributed by atoms with E-state index in [9.17, 15) is 9.59 Å². The standard InChI is InChI=1S/C12H16N2O3S/c1-4-14(12-13-7(2)6-18-12)10(15)8-5-9(8)11(16)17-3/h6,8-9H,4-5H2,1-3H3/t8-,9+/m1/s1. The van der Waals surface area contributed by atoms with Crippen LogP contribution >= 0.6 is 11.3 Å². The van der Waals surface area contributed by atoms with E-state index in [4.69, 9.17) is 0 Å². The van der Waals surface area contributed by atoms with Crippen LogP contribution in [0.5, 0.6) is 0 Å². The summed E-state index contributed by atoms with van der Waals surface area (Å²) in [5.41, 5.74) is 0.904. The molecular formula is C12H16N2O3S. The molecule has 18 heavy (non-hydrogen) atoms. The van der Waals surface area contributed by atoms with E-state index in [1.807, 2.05) is 19.2 Å². The predicted molar refractivity (Wildman–Crippen MR) is 68.5 cm³/mol. The van der Waals surface area contributed by atoms with Crippen LogP contribution in [0.4, 0.5) is 5.13 Å². The molecule has 0 spiro atoms. The van der Waals surface area contributed by atoms with Gasteiger partial charge in [-0.1, -0.05) is 0 Å². The van der Waals surface area contributed by atoms with Gasteiger partial charge in [0.1, 0.15) is 0 Å². The number of carbonyl (C=O) groups is 2. The molecule has 0 N–H and O–H groups in total. The Hall–Kier alpha value is -1.43. The van der Waals surface area contributed by atoms with Crippen molar-refractivity contribution in [1.29, 1.82) is 0 Å². The molecule has 0 radical (unpaired) electrons. The topological polar surface area (TPSA) is 59.5 Å². The average molecular weight is 268 g/mol. The van der Waals surface area contributed by atoms with E-state index in [1.54, 1.807) is 4.90 Å². The lowest BCUT2D eigenvalue weighted by molar-refractivity contribution is -0.143. The summed E-state index contributed by atoms with van der Waals surface area (Å²) < 4.78 is 4.66. The van der Waals surface area contributed by atoms with E-state index in [0.29, 0.717) is 18.1 Å². The Bertz CT molecular complexity index is 472. The second kappa shape index (κ2) is 5.06. The maximum atomic E-state index is 12.3. The fourth-order valence-electron chi connectivity index (χ4n) is 1.93. The Morgan fingerprint density at radius 3 is 2.78 bits per heavy atom. The van der Waals surface area contributed by atoms with Gasteiger partial charge in [-0.05, 0) is 20.3 Å². The van der Waals surface area contributed by atoms with Crippen molar-refractivity contribution in [2.45, 2.75) is 20.3 Å². The summed E-state index contributed by atoms with van der Waals surface area (Å²) >= 11 is 1.45. The number of ether oxygens (including phenoxy) is 1. The Labute approximate surface area is 110 Å². The van der Waals surface area contributed by atoms with Crippen molar-refractivity contribution in [2.75, 3.05) is 18.6 Å². The Morgan fingerprint density at radius 1 is 1.56 bits per heavy atom. The molecule has 1 aliphatic carbocycles. The normalized spacial score (nSPS) is 21.5. The number of amides is 1. The Kier molecular flexibility index (Phi) is 3.65. The molecule has 0 saturated heterocycles. The second-order valence-electron chi connectivity index (χ2n) is 4.33. The number of nitrogens with zero attached hydrogens (tertiary/aromatic N) is 2. The Balaban J connectivity index is 2.06. The van der Waals surface area contributed by atoms with Crippen molar-refractivity contribution < 1.29 is 14.3 Å². The van der Waals surface area contributed by atoms with Crippen molar-refractivity contribution >= 4 is 28.3 Å². The fraction of sp³-hybridized carbons (Fsp3) is 0.583. The first-order chi connectivity index (χ1) is 8.58. The summed E-state index contributed by atoms with van der Waals surface area (Å²) in [6.45, 7) is 4.37. The molecule has 98 valence electrons. The average Bonchev–Trinajstić information content (AvgIpc) is 3.06. The number of anilines is 1. The van der Waals surface area contributed by atoms with Crippen LogP contribution in [0.2, 0.25) is 0 Å². The SMILES string of the molecule is CCN(C(=O)[C@@H]1C[C@@H]1C(=O)OC)c1nc(C)cs1. The lowest BCUT2D eigenvalue weighted by Crippen LogP contribution is -2.33. The first-order valence-electron chi connectivity index (χ1n) is 5.89. The molecule has 0 bridgehead atoms. The summed E-state index contributed by atoms with van der Waals surface area (Å²) in [7, 11) is 1.35. The maximum Gasteiger partial charge on any atom is 0.309 e. The van der Waals surface area contributed by atoms with Crippen LogP contribution in [0.15, 0.2) is 5.38 Å². The smallest absolute Gasteiger partial charge is 0.309 e. The highest BCUT2D eigenvalue weighted by Gasteiger charge is 2.50. The molecule has 1 aromatic rings. The molecule has 1 heterocycles. The quantitative estimate of drug-likeness (QED) is 0.778. The largest absolute Gasteiger partial charge is 0.469 e. The zero-order valence-electron chi connectivity index (χ0n) is 10.7. The van der Waals surface area contributed by atoms with Crippen molar-refractivity contribution in [1.82, 2.24) is 4.98 Å². The molecule has 1 aliphatic rings. The fourth-order valence-corrected chi connectivity index (χ4v) is 2.80. The van der Waals surface area contributed by atoms with Crippen LogP contribution in [-0.2, 0) is 14.3 Å². The minimum Gasteiger partial charge on any atom is -0.469 e. The van der Waals surface area contributed by atoms with Gasteiger partial charge in [0.05, 0.1) is 24.6 Å². The van der Waals surface area contributed by atoms with Crippen molar-refractivity contribution in [3.05, 3.63) is 11.1 Å². The molecule has 0 unspecified atom stereocenters. The van der Waals surface area contributed by atoms with Crippen molar-refractivity contribution in [3.63, 3.8) is 0 Å². The second-order valence-corrected chi connectivity index (χ2v) is 5.16. The van der Waals surface area contributed by atoms with Gasteiger partial charge in [-0.3, -0.25) is 14.5 Å². The highest BCUT2D eigenvalue weighted by molar-refractivity contribution is 7.14. The van der Waals surface area contributed by atoms with Crippen LogP contribution < -0.4 is 4.90 Å². The maximum absolute atomic E-state index is 12.3. The Morgan fingerprint density at radius 2 is 2.28 bits per heavy atom. The third kappa shape index (κ3) is 2.38. The highest BCUT2D eigenvalue weighted by Crippen LogP contribution is 2.41. The van der Waals surface area contributed by atoms with Gasteiger partial charge in [0.2, 0.25) is 5.91 Å². The molecule has 1 aromatic heterocycles. The number of aromatic nitrogens is 1. The third-order valence-electron chi connectivity index (χ3n) is 3.03. The van der Waals surface area contributed by atoms with Crippen LogP contribution in [0.25, 0.3) is 0 Å². The van der Waals surface area contributed by atoms with Crippen molar-refractivity contribution in [2.24, 2.45) is 11.8 Å². The van der Waals surface area contributed by atoms with Gasteiger partial charge in [0, 0.05) is 11.9 Å². The lowest BCUT2D eigenvalue weighted by atomic mass is 10.3. The van der Waals surface area contributed by atoms with Crippen LogP contribution in [0.3, 0.4) is 0 Å². The molecule has 2 atom stereocenters. The molecule has 6 heteroatoms. The van der Waals surface area contributed by atoms with E-state index in [0.717, 1.165) is 5.69 Å². The van der Waals surface area contributed by atoms with Gasteiger partial charge in [-0.25, -0.2) is 4.98 Å². The summed E-state index contributed by atoms with van der Waals surface area (Å²) in [6, 6.07) is 0. The third-order valence-corrected chi connectivity index (χ3v) is 4.01. The number of methoxy groups -OCH3 is 1. The van der Waals surface area contributed by atoms with E-state index < -0.39 is 0 Å². The van der Waals surface area contributed by atoms with Gasteiger partial charge < -0.3 is 4.74 Å². The number of esters is 1. The van der Waals surface area contributed by atoms with E-state index in [-0.39, 0.29) is 23.7 Å². The number of aryl methyl sites for hydroxylation is 1.